The Morgan fingerprint density at radius 1 is 1.20 bits per heavy atom. The van der Waals surface area contributed by atoms with Gasteiger partial charge in [-0.1, -0.05) is 39.5 Å². The molecule has 0 aliphatic carbocycles. The lowest BCUT2D eigenvalue weighted by atomic mass is 10.2. The number of rotatable bonds is 3. The van der Waals surface area contributed by atoms with Crippen LogP contribution in [0.1, 0.15) is 46.5 Å². The fraction of sp³-hybridized carbons (Fsp3) is 1.00. The van der Waals surface area contributed by atoms with Crippen molar-refractivity contribution in [3.05, 3.63) is 0 Å². The molecule has 0 spiro atoms. The van der Waals surface area contributed by atoms with Crippen LogP contribution in [0.15, 0.2) is 0 Å². The van der Waals surface area contributed by atoms with Crippen LogP contribution in [0, 0.1) is 0 Å². The van der Waals surface area contributed by atoms with Crippen molar-refractivity contribution >= 4 is 0 Å². The molecule has 1 fully saturated rings. The van der Waals surface area contributed by atoms with Crippen molar-refractivity contribution in [2.45, 2.75) is 52.6 Å². The van der Waals surface area contributed by atoms with E-state index in [0.717, 1.165) is 6.61 Å². The molecule has 0 N–H and O–H groups in total. The SMILES string of the molecule is CC1CO1.CCCCCC. The molecule has 1 unspecified atom stereocenters. The summed E-state index contributed by atoms with van der Waals surface area (Å²) in [5.41, 5.74) is 0. The van der Waals surface area contributed by atoms with E-state index in [2.05, 4.69) is 20.8 Å². The molecule has 1 rings (SSSR count). The Labute approximate surface area is 64.8 Å². The van der Waals surface area contributed by atoms with Gasteiger partial charge >= 0.3 is 0 Å². The van der Waals surface area contributed by atoms with Gasteiger partial charge in [0.25, 0.3) is 0 Å². The number of unbranched alkanes of at least 4 members (excludes halogenated alkanes) is 3. The van der Waals surface area contributed by atoms with Gasteiger partial charge in [0.1, 0.15) is 0 Å². The average Bonchev–Trinajstić information content (AvgIpc) is 2.69. The highest BCUT2D eigenvalue weighted by molar-refractivity contribution is 4.58. The quantitative estimate of drug-likeness (QED) is 0.438. The molecule has 0 amide bonds. The van der Waals surface area contributed by atoms with E-state index in [4.69, 9.17) is 4.74 Å². The van der Waals surface area contributed by atoms with Gasteiger partial charge in [0.2, 0.25) is 0 Å². The summed E-state index contributed by atoms with van der Waals surface area (Å²) in [6, 6.07) is 0. The van der Waals surface area contributed by atoms with Gasteiger partial charge in [-0.15, -0.1) is 0 Å². The minimum absolute atomic E-state index is 0.583. The van der Waals surface area contributed by atoms with Crippen LogP contribution < -0.4 is 0 Å². The second kappa shape index (κ2) is 7.07. The molecule has 0 radical (unpaired) electrons. The summed E-state index contributed by atoms with van der Waals surface area (Å²) in [7, 11) is 0. The molecule has 1 aliphatic heterocycles. The number of hydrogen-bond acceptors (Lipinski definition) is 1. The van der Waals surface area contributed by atoms with E-state index in [0.29, 0.717) is 6.10 Å². The van der Waals surface area contributed by atoms with E-state index < -0.39 is 0 Å². The second-order valence-electron chi connectivity index (χ2n) is 2.85. The zero-order chi connectivity index (χ0) is 7.82. The Bertz CT molecular complexity index is 53.7. The summed E-state index contributed by atoms with van der Waals surface area (Å²) in [6.07, 6.45) is 6.12. The standard InChI is InChI=1S/C6H14.C3H6O/c1-3-5-6-4-2;1-3-2-4-3/h3-6H2,1-2H3;3H,2H2,1H3. The summed E-state index contributed by atoms with van der Waals surface area (Å²) in [5.74, 6) is 0. The summed E-state index contributed by atoms with van der Waals surface area (Å²) in [5, 5.41) is 0. The molecule has 10 heavy (non-hydrogen) atoms. The van der Waals surface area contributed by atoms with E-state index in [1.54, 1.807) is 0 Å². The monoisotopic (exact) mass is 144 g/mol. The van der Waals surface area contributed by atoms with Gasteiger partial charge in [-0.2, -0.15) is 0 Å². The minimum atomic E-state index is 0.583. The lowest BCUT2D eigenvalue weighted by Crippen LogP contribution is -1.66. The average molecular weight is 144 g/mol. The fourth-order valence-electron chi connectivity index (χ4n) is 0.596. The zero-order valence-electron chi connectivity index (χ0n) is 7.52. The Morgan fingerprint density at radius 2 is 1.50 bits per heavy atom. The highest BCUT2D eigenvalue weighted by Gasteiger charge is 2.13. The number of hydrogen-bond donors (Lipinski definition) is 0. The van der Waals surface area contributed by atoms with Gasteiger partial charge in [0.05, 0.1) is 12.7 Å². The predicted molar refractivity (Wildman–Crippen MR) is 45.2 cm³/mol. The van der Waals surface area contributed by atoms with Crippen LogP contribution >= 0.6 is 0 Å². The third-order valence-electron chi connectivity index (χ3n) is 1.46. The van der Waals surface area contributed by atoms with Crippen LogP contribution in [0.2, 0.25) is 0 Å². The van der Waals surface area contributed by atoms with Crippen LogP contribution in [0.4, 0.5) is 0 Å². The molecule has 1 aliphatic rings. The Kier molecular flexibility index (Phi) is 7.04. The fourth-order valence-corrected chi connectivity index (χ4v) is 0.596. The molecule has 1 heterocycles. The zero-order valence-corrected chi connectivity index (χ0v) is 7.52. The lowest BCUT2D eigenvalue weighted by molar-refractivity contribution is 0.423. The van der Waals surface area contributed by atoms with Crippen molar-refractivity contribution in [1.29, 1.82) is 0 Å². The van der Waals surface area contributed by atoms with Crippen molar-refractivity contribution in [2.75, 3.05) is 6.61 Å². The summed E-state index contributed by atoms with van der Waals surface area (Å²) < 4.78 is 4.71. The normalized spacial score (nSPS) is 21.3. The highest BCUT2D eigenvalue weighted by Crippen LogP contribution is 2.04. The largest absolute Gasteiger partial charge is 0.373 e. The van der Waals surface area contributed by atoms with Crippen LogP contribution in [-0.4, -0.2) is 12.7 Å². The molecular weight excluding hydrogens is 124 g/mol. The summed E-state index contributed by atoms with van der Waals surface area (Å²) >= 11 is 0. The van der Waals surface area contributed by atoms with Crippen molar-refractivity contribution < 1.29 is 4.74 Å². The molecule has 0 saturated carbocycles. The molecule has 0 aromatic carbocycles. The Hall–Kier alpha value is -0.0400. The minimum Gasteiger partial charge on any atom is -0.373 e. The molecule has 1 heteroatoms. The smallest absolute Gasteiger partial charge is 0.0781 e. The maximum absolute atomic E-state index is 4.71. The topological polar surface area (TPSA) is 12.5 Å². The highest BCUT2D eigenvalue weighted by atomic mass is 16.6. The molecule has 1 nitrogen and oxygen atoms in total. The van der Waals surface area contributed by atoms with Crippen LogP contribution in [0.25, 0.3) is 0 Å². The summed E-state index contributed by atoms with van der Waals surface area (Å²) in [4.78, 5) is 0. The first kappa shape index (κ1) is 9.96. The van der Waals surface area contributed by atoms with Gasteiger partial charge in [-0.05, 0) is 6.92 Å². The first-order valence-electron chi connectivity index (χ1n) is 4.42. The van der Waals surface area contributed by atoms with Crippen LogP contribution in [0.3, 0.4) is 0 Å². The van der Waals surface area contributed by atoms with E-state index in [-0.39, 0.29) is 0 Å². The maximum Gasteiger partial charge on any atom is 0.0781 e. The van der Waals surface area contributed by atoms with E-state index in [1.807, 2.05) is 0 Å². The van der Waals surface area contributed by atoms with Crippen LogP contribution in [-0.2, 0) is 4.74 Å². The van der Waals surface area contributed by atoms with Gasteiger partial charge in [0.15, 0.2) is 0 Å². The van der Waals surface area contributed by atoms with Crippen molar-refractivity contribution in [3.8, 4) is 0 Å². The van der Waals surface area contributed by atoms with Crippen LogP contribution in [0.5, 0.6) is 0 Å². The van der Waals surface area contributed by atoms with E-state index in [9.17, 15) is 0 Å². The van der Waals surface area contributed by atoms with Gasteiger partial charge < -0.3 is 4.74 Å². The summed E-state index contributed by atoms with van der Waals surface area (Å²) in [6.45, 7) is 7.51. The van der Waals surface area contributed by atoms with E-state index >= 15 is 0 Å². The molecule has 62 valence electrons. The lowest BCUT2D eigenvalue weighted by Gasteiger charge is -1.86. The second-order valence-corrected chi connectivity index (χ2v) is 2.85. The molecule has 0 bridgehead atoms. The molecule has 1 saturated heterocycles. The molecule has 0 aromatic heterocycles. The number of ether oxygens (including phenoxy) is 1. The van der Waals surface area contributed by atoms with Crippen molar-refractivity contribution in [3.63, 3.8) is 0 Å². The third kappa shape index (κ3) is 10.9. The predicted octanol–water partition coefficient (Wildman–Crippen LogP) is 2.99. The van der Waals surface area contributed by atoms with Gasteiger partial charge in [-0.25, -0.2) is 0 Å². The molecular formula is C9H20O. The van der Waals surface area contributed by atoms with Gasteiger partial charge in [0, 0.05) is 0 Å². The Balaban J connectivity index is 0.000000172. The maximum atomic E-state index is 4.71. The molecule has 0 aromatic rings. The number of epoxide rings is 1. The van der Waals surface area contributed by atoms with Gasteiger partial charge in [-0.3, -0.25) is 0 Å². The van der Waals surface area contributed by atoms with Crippen molar-refractivity contribution in [1.82, 2.24) is 0 Å². The van der Waals surface area contributed by atoms with E-state index in [1.165, 1.54) is 25.7 Å². The molecule has 1 atom stereocenters. The van der Waals surface area contributed by atoms with Crippen molar-refractivity contribution in [2.24, 2.45) is 0 Å². The Morgan fingerprint density at radius 3 is 1.60 bits per heavy atom. The first-order valence-corrected chi connectivity index (χ1v) is 4.42. The third-order valence-corrected chi connectivity index (χ3v) is 1.46. The first-order chi connectivity index (χ1) is 4.81.